The Kier molecular flexibility index (Phi) is 11.4. The average Bonchev–Trinajstić information content (AvgIpc) is 2.97. The molecule has 234 valence electrons. The normalized spacial score (nSPS) is 14.5. The first-order chi connectivity index (χ1) is 20.6. The molecule has 2 heterocycles. The molecule has 3 aromatic rings. The molecule has 1 saturated heterocycles. The van der Waals surface area contributed by atoms with E-state index in [1.807, 2.05) is 12.1 Å². The van der Waals surface area contributed by atoms with Crippen molar-refractivity contribution in [3.63, 3.8) is 0 Å². The molecule has 2 aromatic carbocycles. The van der Waals surface area contributed by atoms with Crippen LogP contribution in [0.15, 0.2) is 42.6 Å². The van der Waals surface area contributed by atoms with Gasteiger partial charge in [0.15, 0.2) is 11.5 Å². The number of amides is 2. The van der Waals surface area contributed by atoms with Crippen LogP contribution in [0.3, 0.4) is 0 Å². The number of anilines is 1. The molecule has 0 aliphatic carbocycles. The number of aliphatic hydroxyl groups excluding tert-OH is 1. The Morgan fingerprint density at radius 1 is 1.12 bits per heavy atom. The lowest BCUT2D eigenvalue weighted by Gasteiger charge is -2.31. The van der Waals surface area contributed by atoms with Crippen LogP contribution < -0.4 is 24.8 Å². The molecule has 1 aliphatic heterocycles. The van der Waals surface area contributed by atoms with E-state index in [0.29, 0.717) is 47.2 Å². The summed E-state index contributed by atoms with van der Waals surface area (Å²) in [6.45, 7) is 10.7. The molecule has 2 amide bonds. The van der Waals surface area contributed by atoms with Crippen LogP contribution in [0.1, 0.15) is 52.9 Å². The first-order valence-corrected chi connectivity index (χ1v) is 15.1. The van der Waals surface area contributed by atoms with Gasteiger partial charge in [-0.25, -0.2) is 9.18 Å². The van der Waals surface area contributed by atoms with Gasteiger partial charge in [-0.2, -0.15) is 0 Å². The summed E-state index contributed by atoms with van der Waals surface area (Å²) in [7, 11) is 1.59. The topological polar surface area (TPSA) is 105 Å². The molecule has 0 atom stereocenters. The van der Waals surface area contributed by atoms with Crippen molar-refractivity contribution in [2.24, 2.45) is 11.3 Å². The Bertz CT molecular complexity index is 1360. The minimum Gasteiger partial charge on any atom is -0.493 e. The van der Waals surface area contributed by atoms with Crippen molar-refractivity contribution >= 4 is 22.6 Å². The minimum atomic E-state index is -0.607. The van der Waals surface area contributed by atoms with Crippen LogP contribution in [0.2, 0.25) is 0 Å². The maximum atomic E-state index is 14.8. The molecule has 9 nitrogen and oxygen atoms in total. The summed E-state index contributed by atoms with van der Waals surface area (Å²) in [6, 6.07) is 9.20. The standard InChI is InChI=1S/C33H45FN4O5/c1-33(2,3)12-14-36-32(40)37-27-7-6-24(20-26(27)34)43-29-8-13-35-28-22-31(30(41-4)21-25(28)29)42-19-5-15-38-16-9-23(10-17-38)11-18-39/h6-8,13,20-23,39H,5,9-12,14-19H2,1-4H3,(H2,36,37,40). The maximum Gasteiger partial charge on any atom is 0.319 e. The third-order valence-corrected chi connectivity index (χ3v) is 7.68. The minimum absolute atomic E-state index is 0.0647. The van der Waals surface area contributed by atoms with Crippen LogP contribution in [0.4, 0.5) is 14.9 Å². The number of carbonyl (C=O) groups is 1. The van der Waals surface area contributed by atoms with Crippen molar-refractivity contribution in [2.45, 2.75) is 52.9 Å². The quantitative estimate of drug-likeness (QED) is 0.191. The number of aromatic nitrogens is 1. The molecule has 10 heteroatoms. The molecular weight excluding hydrogens is 551 g/mol. The Labute approximate surface area is 253 Å². The molecular formula is C33H45FN4O5. The molecule has 0 radical (unpaired) electrons. The fraction of sp³-hybridized carbons (Fsp3) is 0.515. The third kappa shape index (κ3) is 9.69. The van der Waals surface area contributed by atoms with Gasteiger partial charge in [0, 0.05) is 43.4 Å². The number of likely N-dealkylation sites (tertiary alicyclic amines) is 1. The first kappa shape index (κ1) is 32.3. The van der Waals surface area contributed by atoms with Crippen molar-refractivity contribution in [2.75, 3.05) is 51.8 Å². The second kappa shape index (κ2) is 15.2. The van der Waals surface area contributed by atoms with E-state index >= 15 is 0 Å². The zero-order valence-corrected chi connectivity index (χ0v) is 25.7. The molecule has 0 unspecified atom stereocenters. The largest absolute Gasteiger partial charge is 0.493 e. The summed E-state index contributed by atoms with van der Waals surface area (Å²) in [5.41, 5.74) is 0.812. The van der Waals surface area contributed by atoms with E-state index in [0.717, 1.165) is 51.7 Å². The van der Waals surface area contributed by atoms with Gasteiger partial charge in [0.2, 0.25) is 0 Å². The van der Waals surface area contributed by atoms with Crippen LogP contribution >= 0.6 is 0 Å². The van der Waals surface area contributed by atoms with E-state index in [1.165, 1.54) is 12.1 Å². The number of halogens is 1. The van der Waals surface area contributed by atoms with Gasteiger partial charge in [-0.15, -0.1) is 0 Å². The predicted molar refractivity (Wildman–Crippen MR) is 167 cm³/mol. The number of hydrogen-bond donors (Lipinski definition) is 3. The SMILES string of the molecule is COc1cc2c(Oc3ccc(NC(=O)NCCC(C)(C)C)c(F)c3)ccnc2cc1OCCCN1CCC(CCO)CC1. The number of carbonyl (C=O) groups excluding carboxylic acids is 1. The number of urea groups is 1. The Morgan fingerprint density at radius 3 is 2.60 bits per heavy atom. The van der Waals surface area contributed by atoms with E-state index in [4.69, 9.17) is 19.3 Å². The number of nitrogens with zero attached hydrogens (tertiary/aromatic N) is 2. The van der Waals surface area contributed by atoms with Crippen LogP contribution in [-0.2, 0) is 0 Å². The molecule has 1 aromatic heterocycles. The summed E-state index contributed by atoms with van der Waals surface area (Å²) in [4.78, 5) is 19.1. The van der Waals surface area contributed by atoms with Crippen molar-refractivity contribution in [1.82, 2.24) is 15.2 Å². The van der Waals surface area contributed by atoms with E-state index < -0.39 is 11.8 Å². The lowest BCUT2D eigenvalue weighted by atomic mass is 9.92. The number of fused-ring (bicyclic) bond motifs is 1. The summed E-state index contributed by atoms with van der Waals surface area (Å²) < 4.78 is 32.6. The van der Waals surface area contributed by atoms with Gasteiger partial charge in [0.05, 0.1) is 24.9 Å². The van der Waals surface area contributed by atoms with Crippen LogP contribution in [-0.4, -0.2) is 67.5 Å². The number of methoxy groups -OCH3 is 1. The fourth-order valence-electron chi connectivity index (χ4n) is 5.15. The highest BCUT2D eigenvalue weighted by molar-refractivity contribution is 5.90. The summed E-state index contributed by atoms with van der Waals surface area (Å²) in [5, 5.41) is 15.2. The average molecular weight is 597 g/mol. The van der Waals surface area contributed by atoms with Gasteiger partial charge >= 0.3 is 6.03 Å². The highest BCUT2D eigenvalue weighted by Gasteiger charge is 2.19. The molecule has 1 fully saturated rings. The van der Waals surface area contributed by atoms with Crippen LogP contribution in [0, 0.1) is 17.2 Å². The Hall–Kier alpha value is -3.63. The lowest BCUT2D eigenvalue weighted by molar-refractivity contribution is 0.150. The number of rotatable bonds is 13. The second-order valence-corrected chi connectivity index (χ2v) is 12.3. The van der Waals surface area contributed by atoms with E-state index in [2.05, 4.69) is 41.3 Å². The number of pyridine rings is 1. The van der Waals surface area contributed by atoms with Crippen molar-refractivity contribution < 1.29 is 28.5 Å². The highest BCUT2D eigenvalue weighted by atomic mass is 19.1. The van der Waals surface area contributed by atoms with Gasteiger partial charge in [-0.05, 0) is 80.8 Å². The van der Waals surface area contributed by atoms with Gasteiger partial charge in [0.25, 0.3) is 0 Å². The number of nitrogens with one attached hydrogen (secondary N) is 2. The number of ether oxygens (including phenoxy) is 3. The van der Waals surface area contributed by atoms with Gasteiger partial charge in [-0.1, -0.05) is 20.8 Å². The Morgan fingerprint density at radius 2 is 1.91 bits per heavy atom. The number of benzene rings is 2. The van der Waals surface area contributed by atoms with Crippen molar-refractivity contribution in [1.29, 1.82) is 0 Å². The van der Waals surface area contributed by atoms with E-state index in [1.54, 1.807) is 25.4 Å². The van der Waals surface area contributed by atoms with Crippen molar-refractivity contribution in [3.8, 4) is 23.0 Å². The van der Waals surface area contributed by atoms with Crippen LogP contribution in [0.25, 0.3) is 10.9 Å². The van der Waals surface area contributed by atoms with Crippen molar-refractivity contribution in [3.05, 3.63) is 48.4 Å². The smallest absolute Gasteiger partial charge is 0.319 e. The Balaban J connectivity index is 1.35. The number of aliphatic hydroxyl groups is 1. The lowest BCUT2D eigenvalue weighted by Crippen LogP contribution is -2.35. The molecule has 0 spiro atoms. The zero-order chi connectivity index (χ0) is 30.8. The van der Waals surface area contributed by atoms with Gasteiger partial charge in [0.1, 0.15) is 17.3 Å². The molecule has 0 bridgehead atoms. The fourth-order valence-corrected chi connectivity index (χ4v) is 5.15. The summed E-state index contributed by atoms with van der Waals surface area (Å²) >= 11 is 0. The first-order valence-electron chi connectivity index (χ1n) is 15.1. The van der Waals surface area contributed by atoms with E-state index in [-0.39, 0.29) is 23.5 Å². The predicted octanol–water partition coefficient (Wildman–Crippen LogP) is 6.60. The zero-order valence-electron chi connectivity index (χ0n) is 25.7. The maximum absolute atomic E-state index is 14.8. The van der Waals surface area contributed by atoms with Gasteiger partial charge in [-0.3, -0.25) is 4.98 Å². The number of hydrogen-bond acceptors (Lipinski definition) is 7. The molecule has 0 saturated carbocycles. The third-order valence-electron chi connectivity index (χ3n) is 7.68. The second-order valence-electron chi connectivity index (χ2n) is 12.3. The molecule has 43 heavy (non-hydrogen) atoms. The molecule has 4 rings (SSSR count). The molecule has 3 N–H and O–H groups in total. The monoisotopic (exact) mass is 596 g/mol. The highest BCUT2D eigenvalue weighted by Crippen LogP contribution is 2.37. The number of piperidine rings is 1. The summed E-state index contributed by atoms with van der Waals surface area (Å²) in [5.74, 6) is 1.95. The molecule has 1 aliphatic rings. The van der Waals surface area contributed by atoms with E-state index in [9.17, 15) is 9.18 Å². The van der Waals surface area contributed by atoms with Gasteiger partial charge < -0.3 is 34.9 Å². The van der Waals surface area contributed by atoms with Crippen LogP contribution in [0.5, 0.6) is 23.0 Å². The summed E-state index contributed by atoms with van der Waals surface area (Å²) in [6.07, 6.45) is 6.50.